The molecule has 6 nitrogen and oxygen atoms in total. The van der Waals surface area contributed by atoms with Crippen LogP contribution < -0.4 is 0 Å². The minimum atomic E-state index is -2.96. The van der Waals surface area contributed by atoms with Crippen LogP contribution in [0.1, 0.15) is 43.1 Å². The van der Waals surface area contributed by atoms with Crippen LogP contribution in [0.4, 0.5) is 0 Å². The van der Waals surface area contributed by atoms with Crippen molar-refractivity contribution in [3.63, 3.8) is 0 Å². The molecule has 0 amide bonds. The van der Waals surface area contributed by atoms with Crippen LogP contribution in [0, 0.1) is 10.8 Å². The SMILES string of the molecule is O=S1(=O)CCC(c2nn(CN3CCC(CCc4ccccc4)CC3)c(=S)o2)C1. The first kappa shape index (κ1) is 19.8. The highest BCUT2D eigenvalue weighted by molar-refractivity contribution is 7.91. The van der Waals surface area contributed by atoms with Crippen molar-refractivity contribution in [1.29, 1.82) is 0 Å². The fourth-order valence-corrected chi connectivity index (χ4v) is 6.10. The lowest BCUT2D eigenvalue weighted by Crippen LogP contribution is -2.35. The van der Waals surface area contributed by atoms with E-state index < -0.39 is 9.84 Å². The Labute approximate surface area is 171 Å². The van der Waals surface area contributed by atoms with Gasteiger partial charge in [0.1, 0.15) is 0 Å². The van der Waals surface area contributed by atoms with Gasteiger partial charge < -0.3 is 4.42 Å². The van der Waals surface area contributed by atoms with E-state index in [0.29, 0.717) is 23.8 Å². The number of nitrogens with zero attached hydrogens (tertiary/aromatic N) is 3. The Bertz CT molecular complexity index is 945. The highest BCUT2D eigenvalue weighted by Gasteiger charge is 2.33. The summed E-state index contributed by atoms with van der Waals surface area (Å²) in [4.78, 5) is 2.69. The van der Waals surface area contributed by atoms with Gasteiger partial charge in [-0.2, -0.15) is 0 Å². The van der Waals surface area contributed by atoms with Gasteiger partial charge in [-0.25, -0.2) is 13.1 Å². The van der Waals surface area contributed by atoms with E-state index in [-0.39, 0.29) is 17.4 Å². The van der Waals surface area contributed by atoms with E-state index >= 15 is 0 Å². The molecule has 2 aromatic rings. The highest BCUT2D eigenvalue weighted by Crippen LogP contribution is 2.28. The molecule has 0 spiro atoms. The van der Waals surface area contributed by atoms with Crippen LogP contribution in [0.5, 0.6) is 0 Å². The molecular formula is C20H27N3O3S2. The number of aromatic nitrogens is 2. The third kappa shape index (κ3) is 4.90. The Hall–Kier alpha value is -1.51. The van der Waals surface area contributed by atoms with Crippen LogP contribution in [0.2, 0.25) is 0 Å². The topological polar surface area (TPSA) is 68.3 Å². The second kappa shape index (κ2) is 8.47. The number of rotatable bonds is 6. The monoisotopic (exact) mass is 421 g/mol. The molecule has 1 unspecified atom stereocenters. The predicted molar refractivity (Wildman–Crippen MR) is 110 cm³/mol. The van der Waals surface area contributed by atoms with E-state index in [4.69, 9.17) is 16.6 Å². The maximum Gasteiger partial charge on any atom is 0.288 e. The Morgan fingerprint density at radius 2 is 1.89 bits per heavy atom. The highest BCUT2D eigenvalue weighted by atomic mass is 32.2. The van der Waals surface area contributed by atoms with Crippen molar-refractivity contribution in [2.45, 2.75) is 44.7 Å². The van der Waals surface area contributed by atoms with Gasteiger partial charge in [0.15, 0.2) is 9.84 Å². The zero-order valence-corrected chi connectivity index (χ0v) is 17.6. The minimum absolute atomic E-state index is 0.120. The molecule has 8 heteroatoms. The van der Waals surface area contributed by atoms with Crippen molar-refractivity contribution in [3.8, 4) is 0 Å². The number of aryl methyl sites for hydroxylation is 1. The van der Waals surface area contributed by atoms with Crippen molar-refractivity contribution in [2.24, 2.45) is 5.92 Å². The maximum absolute atomic E-state index is 11.7. The molecular weight excluding hydrogens is 394 g/mol. The smallest absolute Gasteiger partial charge is 0.288 e. The zero-order valence-electron chi connectivity index (χ0n) is 16.0. The van der Waals surface area contributed by atoms with Crippen LogP contribution in [-0.4, -0.2) is 47.7 Å². The molecule has 0 radical (unpaired) electrons. The van der Waals surface area contributed by atoms with Crippen molar-refractivity contribution in [1.82, 2.24) is 14.7 Å². The minimum Gasteiger partial charge on any atom is -0.414 e. The van der Waals surface area contributed by atoms with Gasteiger partial charge in [-0.15, -0.1) is 5.10 Å². The lowest BCUT2D eigenvalue weighted by molar-refractivity contribution is 0.135. The second-order valence-electron chi connectivity index (χ2n) is 8.03. The Balaban J connectivity index is 1.27. The Kier molecular flexibility index (Phi) is 5.99. The first-order valence-electron chi connectivity index (χ1n) is 10.0. The number of sulfone groups is 1. The normalized spacial score (nSPS) is 23.2. The molecule has 152 valence electrons. The van der Waals surface area contributed by atoms with Crippen LogP contribution in [0.3, 0.4) is 0 Å². The molecule has 4 rings (SSSR count). The van der Waals surface area contributed by atoms with E-state index in [0.717, 1.165) is 25.4 Å². The first-order chi connectivity index (χ1) is 13.5. The molecule has 0 saturated carbocycles. The van der Waals surface area contributed by atoms with Gasteiger partial charge in [-0.1, -0.05) is 30.3 Å². The third-order valence-electron chi connectivity index (χ3n) is 5.93. The van der Waals surface area contributed by atoms with E-state index in [1.165, 1.54) is 24.8 Å². The number of likely N-dealkylation sites (tertiary alicyclic amines) is 1. The summed E-state index contributed by atoms with van der Waals surface area (Å²) in [5.41, 5.74) is 1.42. The Morgan fingerprint density at radius 3 is 2.57 bits per heavy atom. The fraction of sp³-hybridized carbons (Fsp3) is 0.600. The average molecular weight is 422 g/mol. The number of hydrogen-bond acceptors (Lipinski definition) is 6. The lowest BCUT2D eigenvalue weighted by Gasteiger charge is -2.31. The molecule has 2 saturated heterocycles. The predicted octanol–water partition coefficient (Wildman–Crippen LogP) is 3.41. The summed E-state index contributed by atoms with van der Waals surface area (Å²) in [5, 5.41) is 4.49. The molecule has 1 aromatic carbocycles. The standard InChI is InChI=1S/C20H27N3O3S2/c24-28(25)13-10-18(14-28)19-21-23(20(27)26-19)15-22-11-8-17(9-12-22)7-6-16-4-2-1-3-5-16/h1-5,17-18H,6-15H2. The van der Waals surface area contributed by atoms with Crippen molar-refractivity contribution in [3.05, 3.63) is 46.6 Å². The quantitative estimate of drug-likeness (QED) is 0.666. The van der Waals surface area contributed by atoms with Gasteiger partial charge in [0.05, 0.1) is 24.1 Å². The van der Waals surface area contributed by atoms with E-state index in [1.807, 2.05) is 0 Å². The van der Waals surface area contributed by atoms with Gasteiger partial charge in [0, 0.05) is 13.1 Å². The van der Waals surface area contributed by atoms with Crippen molar-refractivity contribution < 1.29 is 12.8 Å². The maximum atomic E-state index is 11.7. The summed E-state index contributed by atoms with van der Waals surface area (Å²) in [6.45, 7) is 2.68. The summed E-state index contributed by atoms with van der Waals surface area (Å²) >= 11 is 5.31. The molecule has 1 atom stereocenters. The van der Waals surface area contributed by atoms with Gasteiger partial charge in [-0.3, -0.25) is 4.90 Å². The first-order valence-corrected chi connectivity index (χ1v) is 12.3. The van der Waals surface area contributed by atoms with Gasteiger partial charge in [-0.05, 0) is 55.8 Å². The van der Waals surface area contributed by atoms with Gasteiger partial charge >= 0.3 is 0 Å². The zero-order chi connectivity index (χ0) is 19.6. The van der Waals surface area contributed by atoms with E-state index in [1.54, 1.807) is 4.68 Å². The summed E-state index contributed by atoms with van der Waals surface area (Å²) in [5.74, 6) is 1.42. The van der Waals surface area contributed by atoms with Crippen LogP contribution in [-0.2, 0) is 22.9 Å². The molecule has 2 aliphatic heterocycles. The molecule has 2 aliphatic rings. The number of hydrogen-bond donors (Lipinski definition) is 0. The Morgan fingerprint density at radius 1 is 1.14 bits per heavy atom. The summed E-state index contributed by atoms with van der Waals surface area (Å²) in [6, 6.07) is 10.7. The van der Waals surface area contributed by atoms with Crippen molar-refractivity contribution in [2.75, 3.05) is 24.6 Å². The van der Waals surface area contributed by atoms with E-state index in [2.05, 4.69) is 40.3 Å². The van der Waals surface area contributed by atoms with Crippen LogP contribution in [0.15, 0.2) is 34.7 Å². The molecule has 2 fully saturated rings. The summed E-state index contributed by atoms with van der Waals surface area (Å²) < 4.78 is 30.7. The van der Waals surface area contributed by atoms with Gasteiger partial charge in [0.2, 0.25) is 5.89 Å². The lowest BCUT2D eigenvalue weighted by atomic mass is 9.91. The summed E-state index contributed by atoms with van der Waals surface area (Å²) in [6.07, 6.45) is 5.33. The molecule has 1 aromatic heterocycles. The number of benzene rings is 1. The largest absolute Gasteiger partial charge is 0.414 e. The molecule has 3 heterocycles. The molecule has 0 aliphatic carbocycles. The van der Waals surface area contributed by atoms with Crippen LogP contribution >= 0.6 is 12.2 Å². The summed E-state index contributed by atoms with van der Waals surface area (Å²) in [7, 11) is -2.96. The second-order valence-corrected chi connectivity index (χ2v) is 10.6. The third-order valence-corrected chi connectivity index (χ3v) is 7.99. The fourth-order valence-electron chi connectivity index (χ4n) is 4.19. The van der Waals surface area contributed by atoms with Crippen LogP contribution in [0.25, 0.3) is 0 Å². The van der Waals surface area contributed by atoms with Gasteiger partial charge in [0.25, 0.3) is 4.84 Å². The van der Waals surface area contributed by atoms with E-state index in [9.17, 15) is 8.42 Å². The average Bonchev–Trinajstić information content (AvgIpc) is 3.24. The number of piperidine rings is 1. The van der Waals surface area contributed by atoms with Crippen molar-refractivity contribution >= 4 is 22.1 Å². The molecule has 28 heavy (non-hydrogen) atoms. The molecule has 0 N–H and O–H groups in total. The molecule has 0 bridgehead atoms.